The lowest BCUT2D eigenvalue weighted by molar-refractivity contribution is 0.100. The third-order valence-electron chi connectivity index (χ3n) is 2.59. The summed E-state index contributed by atoms with van der Waals surface area (Å²) in [6.07, 6.45) is 0. The Kier molecular flexibility index (Phi) is 4.88. The molecule has 1 amide bonds. The molecule has 0 radical (unpaired) electrons. The molecule has 0 unspecified atom stereocenters. The van der Waals surface area contributed by atoms with E-state index in [1.165, 1.54) is 0 Å². The standard InChI is InChI=1S/C14H13Cl2N3O2/c1-2-18-13-10(15)7-11(16)14(19-13)21-9-5-3-8(4-6-9)12(17)20/h3-7H,2H2,1H3,(H2,17,20)(H,18,19). The Hall–Kier alpha value is -1.98. The minimum atomic E-state index is -0.501. The van der Waals surface area contributed by atoms with Gasteiger partial charge in [-0.05, 0) is 37.3 Å². The van der Waals surface area contributed by atoms with E-state index in [1.54, 1.807) is 30.3 Å². The van der Waals surface area contributed by atoms with Crippen molar-refractivity contribution in [2.45, 2.75) is 6.92 Å². The van der Waals surface area contributed by atoms with Gasteiger partial charge >= 0.3 is 0 Å². The molecule has 1 aromatic heterocycles. The molecule has 110 valence electrons. The van der Waals surface area contributed by atoms with Gasteiger partial charge in [0.05, 0.1) is 5.02 Å². The highest BCUT2D eigenvalue weighted by Gasteiger charge is 2.11. The van der Waals surface area contributed by atoms with Crippen molar-refractivity contribution in [1.82, 2.24) is 4.98 Å². The molecule has 0 aliphatic carbocycles. The van der Waals surface area contributed by atoms with Crippen LogP contribution in [0.25, 0.3) is 0 Å². The van der Waals surface area contributed by atoms with Crippen LogP contribution in [0.3, 0.4) is 0 Å². The molecule has 0 aliphatic heterocycles. The first-order valence-corrected chi connectivity index (χ1v) is 6.94. The Labute approximate surface area is 132 Å². The van der Waals surface area contributed by atoms with Crippen LogP contribution in [0, 0.1) is 0 Å². The molecule has 1 heterocycles. The highest BCUT2D eigenvalue weighted by Crippen LogP contribution is 2.33. The topological polar surface area (TPSA) is 77.2 Å². The summed E-state index contributed by atoms with van der Waals surface area (Å²) in [6, 6.07) is 7.90. The van der Waals surface area contributed by atoms with Crippen LogP contribution in [-0.2, 0) is 0 Å². The number of carbonyl (C=O) groups is 1. The second kappa shape index (κ2) is 6.65. The van der Waals surface area contributed by atoms with Crippen molar-refractivity contribution in [3.8, 4) is 11.6 Å². The number of hydrogen-bond donors (Lipinski definition) is 2. The number of halogens is 2. The van der Waals surface area contributed by atoms with Crippen LogP contribution in [0.4, 0.5) is 5.82 Å². The molecule has 0 spiro atoms. The molecule has 5 nitrogen and oxygen atoms in total. The zero-order chi connectivity index (χ0) is 15.4. The minimum Gasteiger partial charge on any atom is -0.437 e. The summed E-state index contributed by atoms with van der Waals surface area (Å²) in [5.41, 5.74) is 5.57. The van der Waals surface area contributed by atoms with Crippen LogP contribution >= 0.6 is 23.2 Å². The highest BCUT2D eigenvalue weighted by molar-refractivity contribution is 6.36. The molecule has 2 aromatic rings. The SMILES string of the molecule is CCNc1nc(Oc2ccc(C(N)=O)cc2)c(Cl)cc1Cl. The predicted molar refractivity (Wildman–Crippen MR) is 83.5 cm³/mol. The van der Waals surface area contributed by atoms with E-state index in [4.69, 9.17) is 33.7 Å². The molecule has 0 saturated carbocycles. The van der Waals surface area contributed by atoms with Gasteiger partial charge in [0.15, 0.2) is 0 Å². The van der Waals surface area contributed by atoms with Gasteiger partial charge in [-0.3, -0.25) is 4.79 Å². The van der Waals surface area contributed by atoms with Crippen molar-refractivity contribution in [3.05, 3.63) is 45.9 Å². The number of nitrogens with one attached hydrogen (secondary N) is 1. The Morgan fingerprint density at radius 1 is 1.29 bits per heavy atom. The Morgan fingerprint density at radius 3 is 2.52 bits per heavy atom. The monoisotopic (exact) mass is 325 g/mol. The van der Waals surface area contributed by atoms with Gasteiger partial charge in [0.2, 0.25) is 11.8 Å². The highest BCUT2D eigenvalue weighted by atomic mass is 35.5. The molecule has 21 heavy (non-hydrogen) atoms. The van der Waals surface area contributed by atoms with Gasteiger partial charge in [0, 0.05) is 12.1 Å². The number of carbonyl (C=O) groups excluding carboxylic acids is 1. The molecule has 0 atom stereocenters. The number of anilines is 1. The maximum Gasteiger partial charge on any atom is 0.248 e. The third-order valence-corrected chi connectivity index (χ3v) is 3.15. The average Bonchev–Trinajstić information content (AvgIpc) is 2.45. The summed E-state index contributed by atoms with van der Waals surface area (Å²) in [5.74, 6) is 0.703. The van der Waals surface area contributed by atoms with Crippen LogP contribution in [0.5, 0.6) is 11.6 Å². The number of primary amides is 1. The van der Waals surface area contributed by atoms with Crippen molar-refractivity contribution >= 4 is 34.9 Å². The molecule has 3 N–H and O–H groups in total. The van der Waals surface area contributed by atoms with Crippen LogP contribution in [0.2, 0.25) is 10.0 Å². The van der Waals surface area contributed by atoms with Gasteiger partial charge < -0.3 is 15.8 Å². The summed E-state index contributed by atoms with van der Waals surface area (Å²) < 4.78 is 5.59. The van der Waals surface area contributed by atoms with E-state index in [2.05, 4.69) is 10.3 Å². The van der Waals surface area contributed by atoms with E-state index < -0.39 is 5.91 Å². The van der Waals surface area contributed by atoms with Gasteiger partial charge in [-0.1, -0.05) is 23.2 Å². The number of rotatable bonds is 5. The molecule has 0 bridgehead atoms. The lowest BCUT2D eigenvalue weighted by Crippen LogP contribution is -2.10. The smallest absolute Gasteiger partial charge is 0.248 e. The third kappa shape index (κ3) is 3.77. The predicted octanol–water partition coefficient (Wildman–Crippen LogP) is 3.71. The first kappa shape index (κ1) is 15.4. The Balaban J connectivity index is 2.26. The number of benzene rings is 1. The normalized spacial score (nSPS) is 10.2. The number of pyridine rings is 1. The van der Waals surface area contributed by atoms with E-state index >= 15 is 0 Å². The second-order valence-corrected chi connectivity index (χ2v) is 4.94. The average molecular weight is 326 g/mol. The molecule has 0 saturated heterocycles. The van der Waals surface area contributed by atoms with Crippen molar-refractivity contribution in [2.24, 2.45) is 5.73 Å². The van der Waals surface area contributed by atoms with E-state index in [-0.39, 0.29) is 5.88 Å². The maximum atomic E-state index is 11.0. The van der Waals surface area contributed by atoms with Crippen LogP contribution in [0.15, 0.2) is 30.3 Å². The molecule has 7 heteroatoms. The fourth-order valence-corrected chi connectivity index (χ4v) is 2.08. The lowest BCUT2D eigenvalue weighted by atomic mass is 10.2. The van der Waals surface area contributed by atoms with E-state index in [0.717, 1.165) is 0 Å². The molecule has 2 rings (SSSR count). The van der Waals surface area contributed by atoms with Crippen LogP contribution < -0.4 is 15.8 Å². The summed E-state index contributed by atoms with van der Waals surface area (Å²) in [4.78, 5) is 15.2. The summed E-state index contributed by atoms with van der Waals surface area (Å²) in [7, 11) is 0. The maximum absolute atomic E-state index is 11.0. The van der Waals surface area contributed by atoms with Gasteiger partial charge in [-0.2, -0.15) is 4.98 Å². The lowest BCUT2D eigenvalue weighted by Gasteiger charge is -2.11. The van der Waals surface area contributed by atoms with Crippen molar-refractivity contribution < 1.29 is 9.53 Å². The number of nitrogens with two attached hydrogens (primary N) is 1. The fraction of sp³-hybridized carbons (Fsp3) is 0.143. The van der Waals surface area contributed by atoms with E-state index in [0.29, 0.717) is 33.7 Å². The van der Waals surface area contributed by atoms with Gasteiger partial charge in [0.1, 0.15) is 16.6 Å². The van der Waals surface area contributed by atoms with Gasteiger partial charge in [0.25, 0.3) is 0 Å². The minimum absolute atomic E-state index is 0.226. The number of amides is 1. The first-order chi connectivity index (χ1) is 10.0. The van der Waals surface area contributed by atoms with Crippen LogP contribution in [-0.4, -0.2) is 17.4 Å². The molecule has 0 aliphatic rings. The van der Waals surface area contributed by atoms with Crippen LogP contribution in [0.1, 0.15) is 17.3 Å². The molecule has 0 fully saturated rings. The summed E-state index contributed by atoms with van der Waals surface area (Å²) >= 11 is 12.1. The number of nitrogens with zero attached hydrogens (tertiary/aromatic N) is 1. The second-order valence-electron chi connectivity index (χ2n) is 4.13. The van der Waals surface area contributed by atoms with Crippen molar-refractivity contribution in [1.29, 1.82) is 0 Å². The quantitative estimate of drug-likeness (QED) is 0.878. The number of ether oxygens (including phenoxy) is 1. The number of hydrogen-bond acceptors (Lipinski definition) is 4. The van der Waals surface area contributed by atoms with E-state index in [1.807, 2.05) is 6.92 Å². The van der Waals surface area contributed by atoms with E-state index in [9.17, 15) is 4.79 Å². The molecular formula is C14H13Cl2N3O2. The summed E-state index contributed by atoms with van der Waals surface area (Å²) in [5, 5.41) is 3.72. The molecule has 1 aromatic carbocycles. The fourth-order valence-electron chi connectivity index (χ4n) is 1.61. The zero-order valence-electron chi connectivity index (χ0n) is 11.2. The largest absolute Gasteiger partial charge is 0.437 e. The first-order valence-electron chi connectivity index (χ1n) is 6.19. The van der Waals surface area contributed by atoms with Crippen molar-refractivity contribution in [2.75, 3.05) is 11.9 Å². The summed E-state index contributed by atoms with van der Waals surface area (Å²) in [6.45, 7) is 2.59. The van der Waals surface area contributed by atoms with Crippen molar-refractivity contribution in [3.63, 3.8) is 0 Å². The van der Waals surface area contributed by atoms with Gasteiger partial charge in [-0.15, -0.1) is 0 Å². The Bertz CT molecular complexity index is 660. The Morgan fingerprint density at radius 2 is 1.95 bits per heavy atom. The number of aromatic nitrogens is 1. The zero-order valence-corrected chi connectivity index (χ0v) is 12.7. The molecular weight excluding hydrogens is 313 g/mol. The van der Waals surface area contributed by atoms with Gasteiger partial charge in [-0.25, -0.2) is 0 Å².